The Morgan fingerprint density at radius 3 is 2.52 bits per heavy atom. The van der Waals surface area contributed by atoms with Gasteiger partial charge in [0.1, 0.15) is 5.75 Å². The number of alkyl halides is 1. The van der Waals surface area contributed by atoms with E-state index in [4.69, 9.17) is 14.2 Å². The van der Waals surface area contributed by atoms with Gasteiger partial charge in [0.25, 0.3) is 0 Å². The van der Waals surface area contributed by atoms with Crippen LogP contribution in [-0.2, 0) is 20.7 Å². The largest absolute Gasteiger partial charge is 0.494 e. The summed E-state index contributed by atoms with van der Waals surface area (Å²) in [5.41, 5.74) is 1.02. The van der Waals surface area contributed by atoms with Crippen molar-refractivity contribution in [1.29, 1.82) is 0 Å². The van der Waals surface area contributed by atoms with E-state index in [0.717, 1.165) is 29.5 Å². The molecule has 1 aromatic rings. The summed E-state index contributed by atoms with van der Waals surface area (Å²) in [5, 5.41) is 1.00. The van der Waals surface area contributed by atoms with E-state index < -0.39 is 6.10 Å². The van der Waals surface area contributed by atoms with Crippen LogP contribution in [-0.4, -0.2) is 37.7 Å². The normalized spacial score (nSPS) is 12.0. The van der Waals surface area contributed by atoms with Crippen LogP contribution >= 0.6 is 15.9 Å². The van der Waals surface area contributed by atoms with Gasteiger partial charge in [0.2, 0.25) is 0 Å². The molecule has 0 N–H and O–H groups in total. The first-order valence-corrected chi connectivity index (χ1v) is 8.30. The van der Waals surface area contributed by atoms with Crippen LogP contribution < -0.4 is 4.74 Å². The predicted molar refractivity (Wildman–Crippen MR) is 86.1 cm³/mol. The van der Waals surface area contributed by atoms with Crippen LogP contribution in [0.15, 0.2) is 24.3 Å². The molecule has 4 nitrogen and oxygen atoms in total. The number of methoxy groups -OCH3 is 1. The van der Waals surface area contributed by atoms with E-state index in [1.165, 1.54) is 7.11 Å². The molecule has 0 spiro atoms. The fourth-order valence-corrected chi connectivity index (χ4v) is 2.22. The Hall–Kier alpha value is -1.07. The second kappa shape index (κ2) is 10.6. The van der Waals surface area contributed by atoms with Gasteiger partial charge in [0, 0.05) is 18.9 Å². The van der Waals surface area contributed by atoms with Crippen LogP contribution in [0.2, 0.25) is 0 Å². The van der Waals surface area contributed by atoms with E-state index in [9.17, 15) is 4.79 Å². The molecule has 0 radical (unpaired) electrons. The smallest absolute Gasteiger partial charge is 0.335 e. The first-order chi connectivity index (χ1) is 10.2. The summed E-state index contributed by atoms with van der Waals surface area (Å²) < 4.78 is 15.8. The molecule has 1 atom stereocenters. The molecule has 21 heavy (non-hydrogen) atoms. The van der Waals surface area contributed by atoms with Crippen molar-refractivity contribution in [3.05, 3.63) is 29.8 Å². The molecule has 0 unspecified atom stereocenters. The number of carbonyl (C=O) groups excluding carboxylic acids is 1. The highest BCUT2D eigenvalue weighted by Gasteiger charge is 2.19. The summed E-state index contributed by atoms with van der Waals surface area (Å²) in [7, 11) is 1.52. The Morgan fingerprint density at radius 2 is 1.95 bits per heavy atom. The van der Waals surface area contributed by atoms with Crippen molar-refractivity contribution >= 4 is 21.9 Å². The molecule has 5 heteroatoms. The van der Waals surface area contributed by atoms with E-state index in [-0.39, 0.29) is 5.97 Å². The SMILES string of the molecule is CCOC(=O)[C@H](Cc1ccc(OCCCCBr)cc1)OC. The van der Waals surface area contributed by atoms with E-state index in [1.807, 2.05) is 24.3 Å². The third kappa shape index (κ3) is 6.96. The second-order valence-electron chi connectivity index (χ2n) is 4.57. The zero-order chi connectivity index (χ0) is 15.5. The Morgan fingerprint density at radius 1 is 1.24 bits per heavy atom. The highest BCUT2D eigenvalue weighted by atomic mass is 79.9. The zero-order valence-corrected chi connectivity index (χ0v) is 14.2. The average molecular weight is 359 g/mol. The van der Waals surface area contributed by atoms with Crippen molar-refractivity contribution in [1.82, 2.24) is 0 Å². The van der Waals surface area contributed by atoms with Crippen molar-refractivity contribution in [3.8, 4) is 5.75 Å². The van der Waals surface area contributed by atoms with Crippen molar-refractivity contribution in [2.75, 3.05) is 25.7 Å². The van der Waals surface area contributed by atoms with Gasteiger partial charge in [-0.1, -0.05) is 28.1 Å². The van der Waals surface area contributed by atoms with Crippen molar-refractivity contribution in [3.63, 3.8) is 0 Å². The number of benzene rings is 1. The van der Waals surface area contributed by atoms with Crippen LogP contribution in [0.3, 0.4) is 0 Å². The summed E-state index contributed by atoms with van der Waals surface area (Å²) in [6.07, 6.45) is 2.07. The lowest BCUT2D eigenvalue weighted by atomic mass is 10.1. The van der Waals surface area contributed by atoms with Crippen molar-refractivity contribution < 1.29 is 19.0 Å². The minimum atomic E-state index is -0.560. The van der Waals surface area contributed by atoms with Crippen molar-refractivity contribution in [2.45, 2.75) is 32.3 Å². The van der Waals surface area contributed by atoms with Crippen LogP contribution in [0.25, 0.3) is 0 Å². The van der Waals surface area contributed by atoms with Crippen molar-refractivity contribution in [2.24, 2.45) is 0 Å². The number of carbonyl (C=O) groups is 1. The van der Waals surface area contributed by atoms with Gasteiger partial charge in [0.05, 0.1) is 13.2 Å². The third-order valence-electron chi connectivity index (χ3n) is 2.98. The number of halogens is 1. The zero-order valence-electron chi connectivity index (χ0n) is 12.6. The molecule has 0 aliphatic carbocycles. The summed E-state index contributed by atoms with van der Waals surface area (Å²) in [6.45, 7) is 2.86. The number of hydrogen-bond acceptors (Lipinski definition) is 4. The number of ether oxygens (including phenoxy) is 3. The highest BCUT2D eigenvalue weighted by Crippen LogP contribution is 2.15. The number of rotatable bonds is 10. The molecule has 0 saturated heterocycles. The first-order valence-electron chi connectivity index (χ1n) is 7.18. The fourth-order valence-electron chi connectivity index (χ4n) is 1.82. The number of unbranched alkanes of at least 4 members (excludes halogenated alkanes) is 1. The summed E-state index contributed by atoms with van der Waals surface area (Å²) in [5.74, 6) is 0.522. The Bertz CT molecular complexity index is 405. The molecular weight excluding hydrogens is 336 g/mol. The molecule has 0 aliphatic rings. The van der Waals surface area contributed by atoms with Gasteiger partial charge in [-0.05, 0) is 37.5 Å². The fraction of sp³-hybridized carbons (Fsp3) is 0.562. The maximum Gasteiger partial charge on any atom is 0.335 e. The maximum absolute atomic E-state index is 11.7. The summed E-state index contributed by atoms with van der Waals surface area (Å²) in [4.78, 5) is 11.7. The Balaban J connectivity index is 2.47. The lowest BCUT2D eigenvalue weighted by molar-refractivity contribution is -0.154. The monoisotopic (exact) mass is 358 g/mol. The van der Waals surface area contributed by atoms with Crippen LogP contribution in [0.4, 0.5) is 0 Å². The van der Waals surface area contributed by atoms with Gasteiger partial charge in [-0.25, -0.2) is 4.79 Å². The minimum Gasteiger partial charge on any atom is -0.494 e. The molecule has 0 heterocycles. The van der Waals surface area contributed by atoms with E-state index in [2.05, 4.69) is 15.9 Å². The molecule has 0 bridgehead atoms. The summed E-state index contributed by atoms with van der Waals surface area (Å²) >= 11 is 3.39. The molecule has 0 saturated carbocycles. The summed E-state index contributed by atoms with van der Waals surface area (Å²) in [6, 6.07) is 7.73. The molecule has 1 rings (SSSR count). The lowest BCUT2D eigenvalue weighted by Crippen LogP contribution is -2.27. The van der Waals surface area contributed by atoms with E-state index in [0.29, 0.717) is 19.6 Å². The van der Waals surface area contributed by atoms with Gasteiger partial charge in [-0.15, -0.1) is 0 Å². The topological polar surface area (TPSA) is 44.8 Å². The van der Waals surface area contributed by atoms with Gasteiger partial charge in [0.15, 0.2) is 6.10 Å². The molecule has 0 aromatic heterocycles. The molecule has 1 aromatic carbocycles. The number of esters is 1. The Kier molecular flexibility index (Phi) is 9.10. The quantitative estimate of drug-likeness (QED) is 0.365. The van der Waals surface area contributed by atoms with Crippen LogP contribution in [0, 0.1) is 0 Å². The average Bonchev–Trinajstić information content (AvgIpc) is 2.50. The molecule has 0 fully saturated rings. The second-order valence-corrected chi connectivity index (χ2v) is 5.36. The lowest BCUT2D eigenvalue weighted by Gasteiger charge is -2.14. The minimum absolute atomic E-state index is 0.324. The molecule has 118 valence electrons. The molecular formula is C16H23BrO4. The van der Waals surface area contributed by atoms with Crippen LogP contribution in [0.5, 0.6) is 5.75 Å². The van der Waals surface area contributed by atoms with E-state index >= 15 is 0 Å². The molecule has 0 amide bonds. The van der Waals surface area contributed by atoms with Gasteiger partial charge < -0.3 is 14.2 Å². The maximum atomic E-state index is 11.7. The van der Waals surface area contributed by atoms with E-state index in [1.54, 1.807) is 6.92 Å². The molecule has 0 aliphatic heterocycles. The van der Waals surface area contributed by atoms with Crippen LogP contribution in [0.1, 0.15) is 25.3 Å². The third-order valence-corrected chi connectivity index (χ3v) is 3.54. The van der Waals surface area contributed by atoms with Gasteiger partial charge in [-0.2, -0.15) is 0 Å². The highest BCUT2D eigenvalue weighted by molar-refractivity contribution is 9.09. The Labute approximate surface area is 134 Å². The first kappa shape index (κ1) is 18.0. The number of hydrogen-bond donors (Lipinski definition) is 0. The standard InChI is InChI=1S/C16H23BrO4/c1-3-20-16(18)15(19-2)12-13-6-8-14(9-7-13)21-11-5-4-10-17/h6-9,15H,3-5,10-12H2,1-2H3/t15-/m0/s1. The predicted octanol–water partition coefficient (Wildman–Crippen LogP) is 3.36. The van der Waals surface area contributed by atoms with Gasteiger partial charge in [-0.3, -0.25) is 0 Å². The van der Waals surface area contributed by atoms with Gasteiger partial charge >= 0.3 is 5.97 Å².